The highest BCUT2D eigenvalue weighted by molar-refractivity contribution is 7.83. The first kappa shape index (κ1) is 15.6. The summed E-state index contributed by atoms with van der Waals surface area (Å²) in [6, 6.07) is 0. The van der Waals surface area contributed by atoms with Gasteiger partial charge in [-0.3, -0.25) is 4.21 Å². The summed E-state index contributed by atoms with van der Waals surface area (Å²) in [5, 5.41) is 0. The van der Waals surface area contributed by atoms with Crippen LogP contribution in [0.3, 0.4) is 0 Å². The average molecular weight is 207 g/mol. The zero-order valence-corrected chi connectivity index (χ0v) is 10.9. The highest BCUT2D eigenvalue weighted by atomic mass is 32.2. The van der Waals surface area contributed by atoms with E-state index in [0.717, 1.165) is 0 Å². The van der Waals surface area contributed by atoms with E-state index in [0.29, 0.717) is 11.8 Å². The Labute approximate surface area is 85.7 Å². The van der Waals surface area contributed by atoms with E-state index >= 15 is 0 Å². The van der Waals surface area contributed by atoms with Gasteiger partial charge in [0.2, 0.25) is 0 Å². The van der Waals surface area contributed by atoms with Crippen LogP contribution in [-0.4, -0.2) is 22.3 Å². The lowest BCUT2D eigenvalue weighted by Gasteiger charge is -2.33. The molecule has 0 spiro atoms. The van der Waals surface area contributed by atoms with Gasteiger partial charge in [-0.25, -0.2) is 0 Å². The topological polar surface area (TPSA) is 43.1 Å². The molecular formula is C10H25NOS. The molecule has 0 saturated carbocycles. The maximum atomic E-state index is 9.56. The summed E-state index contributed by atoms with van der Waals surface area (Å²) in [6.07, 6.45) is 3.28. The van der Waals surface area contributed by atoms with E-state index < -0.39 is 10.8 Å². The monoisotopic (exact) mass is 207 g/mol. The summed E-state index contributed by atoms with van der Waals surface area (Å²) in [6.45, 7) is 10.8. The Morgan fingerprint density at radius 1 is 1.08 bits per heavy atom. The lowest BCUT2D eigenvalue weighted by molar-refractivity contribution is 0.250. The molecule has 0 rings (SSSR count). The van der Waals surface area contributed by atoms with Crippen LogP contribution in [0, 0.1) is 11.8 Å². The highest BCUT2D eigenvalue weighted by Gasteiger charge is 2.26. The largest absolute Gasteiger partial charge is 0.325 e. The number of hydrogen-bond donors (Lipinski definition) is 1. The third kappa shape index (κ3) is 8.44. The summed E-state index contributed by atoms with van der Waals surface area (Å²) in [4.78, 5) is 0. The summed E-state index contributed by atoms with van der Waals surface area (Å²) in [5.74, 6) is 1.13. The highest BCUT2D eigenvalue weighted by Crippen LogP contribution is 2.21. The molecule has 82 valence electrons. The molecule has 0 aliphatic carbocycles. The predicted molar refractivity (Wildman–Crippen MR) is 62.3 cm³/mol. The van der Waals surface area contributed by atoms with E-state index in [9.17, 15) is 4.21 Å². The Kier molecular flexibility index (Phi) is 7.84. The van der Waals surface area contributed by atoms with E-state index in [1.54, 1.807) is 12.5 Å². The molecule has 0 unspecified atom stereocenters. The Morgan fingerprint density at radius 3 is 1.23 bits per heavy atom. The van der Waals surface area contributed by atoms with E-state index in [-0.39, 0.29) is 5.54 Å². The van der Waals surface area contributed by atoms with Gasteiger partial charge in [-0.05, 0) is 18.8 Å². The minimum atomic E-state index is -0.611. The van der Waals surface area contributed by atoms with Crippen LogP contribution in [0.4, 0.5) is 0 Å². The van der Waals surface area contributed by atoms with Crippen molar-refractivity contribution in [1.82, 2.24) is 0 Å². The van der Waals surface area contributed by atoms with Gasteiger partial charge in [-0.2, -0.15) is 0 Å². The predicted octanol–water partition coefficient (Wildman–Crippen LogP) is 2.01. The van der Waals surface area contributed by atoms with Crippen molar-refractivity contribution < 1.29 is 4.21 Å². The standard InChI is InChI=1S/C8H19N.C2H6OS/c1-6(2)8(5,9)7(3)4;1-4(2)3/h6-7H,9H2,1-5H3;1-2H3. The van der Waals surface area contributed by atoms with E-state index in [2.05, 4.69) is 34.6 Å². The smallest absolute Gasteiger partial charge is 0.0172 e. The quantitative estimate of drug-likeness (QED) is 0.752. The van der Waals surface area contributed by atoms with Gasteiger partial charge in [0.15, 0.2) is 0 Å². The van der Waals surface area contributed by atoms with Crippen LogP contribution >= 0.6 is 0 Å². The Hall–Kier alpha value is 0.110. The fourth-order valence-corrected chi connectivity index (χ4v) is 0.667. The SMILES string of the molecule is CC(C)C(C)(N)C(C)C.CS(C)=O. The molecule has 0 bridgehead atoms. The van der Waals surface area contributed by atoms with Crippen LogP contribution < -0.4 is 5.73 Å². The minimum Gasteiger partial charge on any atom is -0.325 e. The first-order valence-corrected chi connectivity index (χ1v) is 6.62. The average Bonchev–Trinajstić information content (AvgIpc) is 1.85. The number of rotatable bonds is 2. The molecule has 0 aromatic heterocycles. The van der Waals surface area contributed by atoms with Crippen molar-refractivity contribution in [3.8, 4) is 0 Å². The Morgan fingerprint density at radius 2 is 1.23 bits per heavy atom. The van der Waals surface area contributed by atoms with E-state index in [1.807, 2.05) is 0 Å². The maximum Gasteiger partial charge on any atom is 0.0172 e. The van der Waals surface area contributed by atoms with Crippen molar-refractivity contribution in [3.63, 3.8) is 0 Å². The summed E-state index contributed by atoms with van der Waals surface area (Å²) in [7, 11) is -0.611. The fraction of sp³-hybridized carbons (Fsp3) is 1.00. The lowest BCUT2D eigenvalue weighted by atomic mass is 9.80. The van der Waals surface area contributed by atoms with Crippen LogP contribution in [0.15, 0.2) is 0 Å². The molecule has 0 aromatic rings. The molecule has 0 fully saturated rings. The second-order valence-electron chi connectivity index (χ2n) is 4.42. The first-order chi connectivity index (χ1) is 5.62. The van der Waals surface area contributed by atoms with Gasteiger partial charge in [-0.1, -0.05) is 27.7 Å². The van der Waals surface area contributed by atoms with Gasteiger partial charge in [0.05, 0.1) is 0 Å². The summed E-state index contributed by atoms with van der Waals surface area (Å²) < 4.78 is 9.56. The van der Waals surface area contributed by atoms with E-state index in [4.69, 9.17) is 5.73 Å². The van der Waals surface area contributed by atoms with Gasteiger partial charge in [0.1, 0.15) is 0 Å². The zero-order chi connectivity index (χ0) is 11.2. The first-order valence-electron chi connectivity index (χ1n) is 4.66. The minimum absolute atomic E-state index is 0.000000000000000222. The molecule has 0 atom stereocenters. The van der Waals surface area contributed by atoms with Gasteiger partial charge in [-0.15, -0.1) is 0 Å². The molecule has 13 heavy (non-hydrogen) atoms. The Bertz CT molecular complexity index is 139. The molecule has 0 radical (unpaired) electrons. The van der Waals surface area contributed by atoms with Crippen molar-refractivity contribution in [3.05, 3.63) is 0 Å². The van der Waals surface area contributed by atoms with Gasteiger partial charge < -0.3 is 5.73 Å². The molecule has 2 N–H and O–H groups in total. The van der Waals surface area contributed by atoms with E-state index in [1.165, 1.54) is 0 Å². The Balaban J connectivity index is 0. The number of hydrogen-bond acceptors (Lipinski definition) is 2. The maximum absolute atomic E-state index is 9.56. The third-order valence-corrected chi connectivity index (χ3v) is 2.49. The molecule has 3 heteroatoms. The van der Waals surface area contributed by atoms with Crippen LogP contribution in [0.5, 0.6) is 0 Å². The van der Waals surface area contributed by atoms with Crippen molar-refractivity contribution in [2.24, 2.45) is 17.6 Å². The van der Waals surface area contributed by atoms with Crippen molar-refractivity contribution in [2.75, 3.05) is 12.5 Å². The normalized spacial score (nSPS) is 11.9. The third-order valence-electron chi connectivity index (χ3n) is 2.49. The molecule has 0 amide bonds. The summed E-state index contributed by atoms with van der Waals surface area (Å²) >= 11 is 0. The molecule has 0 heterocycles. The van der Waals surface area contributed by atoms with Gasteiger partial charge in [0.25, 0.3) is 0 Å². The van der Waals surface area contributed by atoms with Crippen molar-refractivity contribution >= 4 is 10.8 Å². The van der Waals surface area contributed by atoms with Crippen LogP contribution in [-0.2, 0) is 10.8 Å². The number of nitrogens with two attached hydrogens (primary N) is 1. The molecule has 2 nitrogen and oxygen atoms in total. The zero-order valence-electron chi connectivity index (χ0n) is 10.0. The molecule has 0 aliphatic heterocycles. The van der Waals surface area contributed by atoms with Crippen molar-refractivity contribution in [1.29, 1.82) is 0 Å². The molecular weight excluding hydrogens is 182 g/mol. The van der Waals surface area contributed by atoms with Crippen LogP contribution in [0.2, 0.25) is 0 Å². The second kappa shape index (κ2) is 6.55. The van der Waals surface area contributed by atoms with Crippen LogP contribution in [0.1, 0.15) is 34.6 Å². The van der Waals surface area contributed by atoms with Crippen LogP contribution in [0.25, 0.3) is 0 Å². The second-order valence-corrected chi connectivity index (χ2v) is 5.90. The van der Waals surface area contributed by atoms with Gasteiger partial charge in [0, 0.05) is 28.9 Å². The van der Waals surface area contributed by atoms with Crippen molar-refractivity contribution in [2.45, 2.75) is 40.2 Å². The lowest BCUT2D eigenvalue weighted by Crippen LogP contribution is -2.46. The molecule has 0 saturated heterocycles. The summed E-state index contributed by atoms with van der Waals surface area (Å²) in [5.41, 5.74) is 6.00. The molecule has 0 aliphatic rings. The molecule has 0 aromatic carbocycles. The van der Waals surface area contributed by atoms with Gasteiger partial charge >= 0.3 is 0 Å². The fourth-order valence-electron chi connectivity index (χ4n) is 0.667.